The summed E-state index contributed by atoms with van der Waals surface area (Å²) in [5.41, 5.74) is 1.01. The third-order valence-electron chi connectivity index (χ3n) is 5.63. The zero-order chi connectivity index (χ0) is 17.9. The number of nitrogens with zero attached hydrogens (tertiary/aromatic N) is 1. The van der Waals surface area contributed by atoms with Crippen molar-refractivity contribution in [3.05, 3.63) is 48.0 Å². The van der Waals surface area contributed by atoms with Gasteiger partial charge < -0.3 is 15.3 Å². The minimum Gasteiger partial charge on any atom is -0.389 e. The van der Waals surface area contributed by atoms with Crippen LogP contribution in [0.5, 0.6) is 0 Å². The fourth-order valence-corrected chi connectivity index (χ4v) is 3.66. The molecule has 1 saturated heterocycles. The molecule has 1 aliphatic carbocycles. The molecule has 1 saturated carbocycles. The van der Waals surface area contributed by atoms with Crippen LogP contribution in [0.2, 0.25) is 0 Å². The zero-order valence-electron chi connectivity index (χ0n) is 14.5. The molecule has 0 aromatic heterocycles. The summed E-state index contributed by atoms with van der Waals surface area (Å²) < 4.78 is 0. The maximum absolute atomic E-state index is 12.6. The van der Waals surface area contributed by atoms with Crippen LogP contribution in [0.25, 0.3) is 0 Å². The molecule has 1 aromatic carbocycles. The van der Waals surface area contributed by atoms with Gasteiger partial charge in [0.05, 0.1) is 5.60 Å². The van der Waals surface area contributed by atoms with E-state index in [9.17, 15) is 14.7 Å². The van der Waals surface area contributed by atoms with Gasteiger partial charge in [0, 0.05) is 25.2 Å². The summed E-state index contributed by atoms with van der Waals surface area (Å²) in [5.74, 6) is 0.222. The average molecular weight is 342 g/mol. The number of likely N-dealkylation sites (tertiary alicyclic amines) is 1. The van der Waals surface area contributed by atoms with Gasteiger partial charge in [0.2, 0.25) is 5.91 Å². The topological polar surface area (TPSA) is 69.6 Å². The number of amides is 2. The van der Waals surface area contributed by atoms with Crippen molar-refractivity contribution in [2.75, 3.05) is 13.1 Å². The fourth-order valence-electron chi connectivity index (χ4n) is 3.66. The average Bonchev–Trinajstić information content (AvgIpc) is 2.58. The van der Waals surface area contributed by atoms with Crippen molar-refractivity contribution < 1.29 is 14.7 Å². The number of piperidine rings is 1. The lowest BCUT2D eigenvalue weighted by Gasteiger charge is -2.46. The first-order valence-electron chi connectivity index (χ1n) is 9.03. The number of carbonyl (C=O) groups excluding carboxylic acids is 2. The molecule has 0 radical (unpaired) electrons. The lowest BCUT2D eigenvalue weighted by Crippen LogP contribution is -2.52. The van der Waals surface area contributed by atoms with Gasteiger partial charge in [0.1, 0.15) is 0 Å². The molecule has 25 heavy (non-hydrogen) atoms. The van der Waals surface area contributed by atoms with E-state index in [0.29, 0.717) is 44.0 Å². The van der Waals surface area contributed by atoms with Gasteiger partial charge in [0.15, 0.2) is 0 Å². The molecule has 2 N–H and O–H groups in total. The van der Waals surface area contributed by atoms with Gasteiger partial charge in [-0.15, -0.1) is 0 Å². The second-order valence-electron chi connectivity index (χ2n) is 7.14. The Hall–Kier alpha value is -2.14. The number of rotatable bonds is 5. The number of benzene rings is 1. The van der Waals surface area contributed by atoms with E-state index in [4.69, 9.17) is 0 Å². The smallest absolute Gasteiger partial charge is 0.253 e. The van der Waals surface area contributed by atoms with Crippen molar-refractivity contribution in [3.8, 4) is 0 Å². The van der Waals surface area contributed by atoms with Crippen LogP contribution in [0.4, 0.5) is 0 Å². The Morgan fingerprint density at radius 2 is 1.88 bits per heavy atom. The maximum atomic E-state index is 12.6. The SMILES string of the molecule is C=CC(=O)NCc1ccc(C(=O)N2CCC(O)(C3CCC3)CC2)cc1. The molecule has 5 heteroatoms. The van der Waals surface area contributed by atoms with Crippen molar-refractivity contribution in [1.29, 1.82) is 0 Å². The molecule has 1 aromatic rings. The molecule has 134 valence electrons. The molecule has 0 atom stereocenters. The Kier molecular flexibility index (Phi) is 5.23. The van der Waals surface area contributed by atoms with Crippen LogP contribution in [-0.2, 0) is 11.3 Å². The van der Waals surface area contributed by atoms with Crippen LogP contribution >= 0.6 is 0 Å². The van der Waals surface area contributed by atoms with Crippen LogP contribution in [0.15, 0.2) is 36.9 Å². The third kappa shape index (κ3) is 3.93. The van der Waals surface area contributed by atoms with Crippen molar-refractivity contribution in [2.24, 2.45) is 5.92 Å². The normalized spacial score (nSPS) is 19.8. The lowest BCUT2D eigenvalue weighted by atomic mass is 9.69. The second-order valence-corrected chi connectivity index (χ2v) is 7.14. The maximum Gasteiger partial charge on any atom is 0.253 e. The molecule has 2 amide bonds. The predicted molar refractivity (Wildman–Crippen MR) is 95.9 cm³/mol. The van der Waals surface area contributed by atoms with Crippen LogP contribution in [0.1, 0.15) is 48.0 Å². The van der Waals surface area contributed by atoms with Gasteiger partial charge in [-0.05, 0) is 55.4 Å². The highest BCUT2D eigenvalue weighted by Gasteiger charge is 2.42. The Morgan fingerprint density at radius 3 is 2.40 bits per heavy atom. The molecular formula is C20H26N2O3. The molecule has 2 aliphatic rings. The van der Waals surface area contributed by atoms with E-state index in [2.05, 4.69) is 11.9 Å². The molecular weight excluding hydrogens is 316 g/mol. The second kappa shape index (κ2) is 7.40. The predicted octanol–water partition coefficient (Wildman–Crippen LogP) is 2.26. The number of carbonyl (C=O) groups is 2. The third-order valence-corrected chi connectivity index (χ3v) is 5.63. The van der Waals surface area contributed by atoms with E-state index in [1.165, 1.54) is 12.5 Å². The van der Waals surface area contributed by atoms with Gasteiger partial charge in [0.25, 0.3) is 5.91 Å². The molecule has 0 unspecified atom stereocenters. The molecule has 2 fully saturated rings. The molecule has 1 heterocycles. The largest absolute Gasteiger partial charge is 0.389 e. The molecule has 0 spiro atoms. The quantitative estimate of drug-likeness (QED) is 0.807. The highest BCUT2D eigenvalue weighted by atomic mass is 16.3. The Balaban J connectivity index is 1.54. The summed E-state index contributed by atoms with van der Waals surface area (Å²) in [6, 6.07) is 7.30. The van der Waals surface area contributed by atoms with Crippen molar-refractivity contribution in [2.45, 2.75) is 44.2 Å². The standard InChI is InChI=1S/C20H26N2O3/c1-2-18(23)21-14-15-6-8-16(9-7-15)19(24)22-12-10-20(25,11-13-22)17-4-3-5-17/h2,6-9,17,25H,1,3-5,10-14H2,(H,21,23). The molecule has 5 nitrogen and oxygen atoms in total. The number of nitrogens with one attached hydrogen (secondary N) is 1. The van der Waals surface area contributed by atoms with Crippen LogP contribution in [0.3, 0.4) is 0 Å². The first-order chi connectivity index (χ1) is 12.0. The molecule has 3 rings (SSSR count). The van der Waals surface area contributed by atoms with E-state index in [-0.39, 0.29) is 11.8 Å². The van der Waals surface area contributed by atoms with Crippen molar-refractivity contribution in [1.82, 2.24) is 10.2 Å². The van der Waals surface area contributed by atoms with Crippen LogP contribution in [-0.4, -0.2) is 40.5 Å². The Labute approximate surface area is 148 Å². The first kappa shape index (κ1) is 17.7. The van der Waals surface area contributed by atoms with E-state index >= 15 is 0 Å². The Bertz CT molecular complexity index is 641. The number of aliphatic hydroxyl groups is 1. The van der Waals surface area contributed by atoms with Gasteiger partial charge in [-0.2, -0.15) is 0 Å². The van der Waals surface area contributed by atoms with Crippen LogP contribution < -0.4 is 5.32 Å². The molecule has 0 bridgehead atoms. The summed E-state index contributed by atoms with van der Waals surface area (Å²) >= 11 is 0. The van der Waals surface area contributed by atoms with E-state index in [0.717, 1.165) is 18.4 Å². The van der Waals surface area contributed by atoms with E-state index in [1.54, 1.807) is 12.1 Å². The number of hydrogen-bond donors (Lipinski definition) is 2. The highest BCUT2D eigenvalue weighted by Crippen LogP contribution is 2.42. The van der Waals surface area contributed by atoms with Gasteiger partial charge in [-0.3, -0.25) is 9.59 Å². The van der Waals surface area contributed by atoms with E-state index in [1.807, 2.05) is 17.0 Å². The van der Waals surface area contributed by atoms with Crippen LogP contribution in [0, 0.1) is 5.92 Å². The monoisotopic (exact) mass is 342 g/mol. The minimum atomic E-state index is -0.567. The van der Waals surface area contributed by atoms with Gasteiger partial charge in [-0.1, -0.05) is 25.1 Å². The summed E-state index contributed by atoms with van der Waals surface area (Å²) in [5, 5.41) is 13.5. The fraction of sp³-hybridized carbons (Fsp3) is 0.500. The van der Waals surface area contributed by atoms with Gasteiger partial charge >= 0.3 is 0 Å². The summed E-state index contributed by atoms with van der Waals surface area (Å²) in [7, 11) is 0. The summed E-state index contributed by atoms with van der Waals surface area (Å²) in [4.78, 5) is 25.7. The summed E-state index contributed by atoms with van der Waals surface area (Å²) in [6.45, 7) is 5.05. The molecule has 1 aliphatic heterocycles. The lowest BCUT2D eigenvalue weighted by molar-refractivity contribution is -0.116. The Morgan fingerprint density at radius 1 is 1.24 bits per heavy atom. The highest BCUT2D eigenvalue weighted by molar-refractivity contribution is 5.94. The van der Waals surface area contributed by atoms with E-state index < -0.39 is 5.60 Å². The van der Waals surface area contributed by atoms with Crippen molar-refractivity contribution >= 4 is 11.8 Å². The van der Waals surface area contributed by atoms with Crippen molar-refractivity contribution in [3.63, 3.8) is 0 Å². The minimum absolute atomic E-state index is 0.0114. The van der Waals surface area contributed by atoms with Gasteiger partial charge in [-0.25, -0.2) is 0 Å². The zero-order valence-corrected chi connectivity index (χ0v) is 14.5. The first-order valence-corrected chi connectivity index (χ1v) is 9.03. The number of hydrogen-bond acceptors (Lipinski definition) is 3. The summed E-state index contributed by atoms with van der Waals surface area (Å²) in [6.07, 6.45) is 6.04.